The number of rotatable bonds is 2. The van der Waals surface area contributed by atoms with Gasteiger partial charge >= 0.3 is 6.03 Å². The molecule has 7 heteroatoms. The number of carbonyl (C=O) groups excluding carboxylic acids is 1. The molecule has 0 aliphatic carbocycles. The number of nitrogens with zero attached hydrogens (tertiary/aromatic N) is 2. The van der Waals surface area contributed by atoms with Crippen LogP contribution in [0.5, 0.6) is 0 Å². The lowest BCUT2D eigenvalue weighted by atomic mass is 10.0. The highest BCUT2D eigenvalue weighted by Crippen LogP contribution is 2.18. The number of nitrogens with one attached hydrogen (secondary N) is 1. The van der Waals surface area contributed by atoms with Crippen LogP contribution >= 0.6 is 0 Å². The predicted octanol–water partition coefficient (Wildman–Crippen LogP) is 0.994. The van der Waals surface area contributed by atoms with Gasteiger partial charge in [0.05, 0.1) is 6.26 Å². The van der Waals surface area contributed by atoms with Crippen molar-refractivity contribution < 1.29 is 13.2 Å². The third-order valence-electron chi connectivity index (χ3n) is 4.24. The van der Waals surface area contributed by atoms with Gasteiger partial charge in [0.25, 0.3) is 0 Å². The zero-order chi connectivity index (χ0) is 14.8. The van der Waals surface area contributed by atoms with E-state index in [1.807, 2.05) is 4.90 Å². The average Bonchev–Trinajstić information content (AvgIpc) is 2.38. The molecule has 0 bridgehead atoms. The summed E-state index contributed by atoms with van der Waals surface area (Å²) >= 11 is 0. The van der Waals surface area contributed by atoms with Crippen molar-refractivity contribution in [3.63, 3.8) is 0 Å². The predicted molar refractivity (Wildman–Crippen MR) is 78.0 cm³/mol. The Hall–Kier alpha value is -0.820. The maximum absolute atomic E-state index is 12.3. The summed E-state index contributed by atoms with van der Waals surface area (Å²) in [4.78, 5) is 14.2. The summed E-state index contributed by atoms with van der Waals surface area (Å²) in [6, 6.07) is 0.163. The summed E-state index contributed by atoms with van der Waals surface area (Å²) in [7, 11) is -3.16. The molecule has 2 aliphatic rings. The fraction of sp³-hybridized carbons (Fsp3) is 0.923. The van der Waals surface area contributed by atoms with Gasteiger partial charge in [0.2, 0.25) is 10.0 Å². The van der Waals surface area contributed by atoms with Crippen molar-refractivity contribution >= 4 is 16.1 Å². The maximum atomic E-state index is 12.3. The van der Waals surface area contributed by atoms with Crippen LogP contribution in [0.1, 0.15) is 39.0 Å². The molecular weight excluding hydrogens is 278 g/mol. The monoisotopic (exact) mass is 303 g/mol. The summed E-state index contributed by atoms with van der Waals surface area (Å²) in [5.41, 5.74) is 0. The first-order valence-corrected chi connectivity index (χ1v) is 9.25. The van der Waals surface area contributed by atoms with Crippen LogP contribution in [0.15, 0.2) is 0 Å². The summed E-state index contributed by atoms with van der Waals surface area (Å²) in [5, 5.41) is 3.00. The van der Waals surface area contributed by atoms with Gasteiger partial charge < -0.3 is 10.2 Å². The molecule has 116 valence electrons. The molecule has 2 saturated heterocycles. The van der Waals surface area contributed by atoms with Crippen molar-refractivity contribution in [3.8, 4) is 0 Å². The Morgan fingerprint density at radius 1 is 1.15 bits per heavy atom. The standard InChI is InChI=1S/C13H25N3O3S/c1-11-6-3-4-9-16(11)13(17)14-12-7-5-8-15(10-12)20(2,18)19/h11-12H,3-10H2,1-2H3,(H,14,17). The zero-order valence-corrected chi connectivity index (χ0v) is 13.2. The minimum absolute atomic E-state index is 0.0439. The van der Waals surface area contributed by atoms with Gasteiger partial charge in [0.15, 0.2) is 0 Å². The molecule has 0 aromatic heterocycles. The molecular formula is C13H25N3O3S. The molecule has 0 saturated carbocycles. The lowest BCUT2D eigenvalue weighted by Crippen LogP contribution is -2.54. The van der Waals surface area contributed by atoms with Crippen molar-refractivity contribution in [2.75, 3.05) is 25.9 Å². The average molecular weight is 303 g/mol. The normalized spacial score (nSPS) is 29.2. The van der Waals surface area contributed by atoms with E-state index in [9.17, 15) is 13.2 Å². The molecule has 6 nitrogen and oxygen atoms in total. The maximum Gasteiger partial charge on any atom is 0.317 e. The Bertz CT molecular complexity index is 452. The molecule has 2 aliphatic heterocycles. The van der Waals surface area contributed by atoms with E-state index in [0.29, 0.717) is 13.1 Å². The van der Waals surface area contributed by atoms with Gasteiger partial charge in [0.1, 0.15) is 0 Å². The van der Waals surface area contributed by atoms with Crippen LogP contribution in [0.25, 0.3) is 0 Å². The van der Waals surface area contributed by atoms with Crippen molar-refractivity contribution in [1.29, 1.82) is 0 Å². The first-order valence-electron chi connectivity index (χ1n) is 7.40. The number of urea groups is 1. The molecule has 2 heterocycles. The molecule has 0 aromatic rings. The van der Waals surface area contributed by atoms with Gasteiger partial charge in [0, 0.05) is 31.7 Å². The number of sulfonamides is 1. The van der Waals surface area contributed by atoms with Gasteiger partial charge in [-0.15, -0.1) is 0 Å². The molecule has 2 rings (SSSR count). The summed E-state index contributed by atoms with van der Waals surface area (Å²) < 4.78 is 24.6. The van der Waals surface area contributed by atoms with Crippen LogP contribution in [0.3, 0.4) is 0 Å². The Balaban J connectivity index is 1.90. The van der Waals surface area contributed by atoms with Crippen molar-refractivity contribution in [1.82, 2.24) is 14.5 Å². The van der Waals surface area contributed by atoms with Crippen LogP contribution in [0.2, 0.25) is 0 Å². The molecule has 1 N–H and O–H groups in total. The van der Waals surface area contributed by atoms with E-state index >= 15 is 0 Å². The largest absolute Gasteiger partial charge is 0.334 e. The van der Waals surface area contributed by atoms with E-state index in [0.717, 1.165) is 32.2 Å². The van der Waals surface area contributed by atoms with Crippen LogP contribution in [-0.4, -0.2) is 61.6 Å². The number of hydrogen-bond donors (Lipinski definition) is 1. The molecule has 2 amide bonds. The van der Waals surface area contributed by atoms with Crippen LogP contribution in [0, 0.1) is 0 Å². The summed E-state index contributed by atoms with van der Waals surface area (Å²) in [5.74, 6) is 0. The van der Waals surface area contributed by atoms with Gasteiger partial charge in [-0.25, -0.2) is 17.5 Å². The lowest BCUT2D eigenvalue weighted by Gasteiger charge is -2.37. The van der Waals surface area contributed by atoms with Crippen LogP contribution < -0.4 is 5.32 Å². The Morgan fingerprint density at radius 2 is 1.90 bits per heavy atom. The Labute approximate surface area is 121 Å². The second kappa shape index (κ2) is 6.30. The van der Waals surface area contributed by atoms with E-state index in [-0.39, 0.29) is 18.1 Å². The molecule has 2 unspecified atom stereocenters. The zero-order valence-electron chi connectivity index (χ0n) is 12.3. The number of carbonyl (C=O) groups is 1. The van der Waals surface area contributed by atoms with E-state index in [2.05, 4.69) is 12.2 Å². The molecule has 2 fully saturated rings. The van der Waals surface area contributed by atoms with E-state index in [1.54, 1.807) is 0 Å². The minimum atomic E-state index is -3.16. The minimum Gasteiger partial charge on any atom is -0.334 e. The first-order chi connectivity index (χ1) is 9.38. The number of likely N-dealkylation sites (tertiary alicyclic amines) is 1. The first kappa shape index (κ1) is 15.6. The quantitative estimate of drug-likeness (QED) is 0.827. The number of amides is 2. The molecule has 20 heavy (non-hydrogen) atoms. The number of hydrogen-bond acceptors (Lipinski definition) is 3. The molecule has 2 atom stereocenters. The fourth-order valence-corrected chi connectivity index (χ4v) is 3.93. The number of piperidine rings is 2. The molecule has 0 aromatic carbocycles. The van der Waals surface area contributed by atoms with Gasteiger partial charge in [-0.1, -0.05) is 0 Å². The van der Waals surface area contributed by atoms with Crippen LogP contribution in [0.4, 0.5) is 4.79 Å². The third-order valence-corrected chi connectivity index (χ3v) is 5.51. The van der Waals surface area contributed by atoms with E-state index in [1.165, 1.54) is 17.0 Å². The van der Waals surface area contributed by atoms with Crippen LogP contribution in [-0.2, 0) is 10.0 Å². The van der Waals surface area contributed by atoms with E-state index < -0.39 is 10.0 Å². The van der Waals surface area contributed by atoms with Crippen molar-refractivity contribution in [2.24, 2.45) is 0 Å². The topological polar surface area (TPSA) is 69.7 Å². The smallest absolute Gasteiger partial charge is 0.317 e. The highest BCUT2D eigenvalue weighted by Gasteiger charge is 2.29. The van der Waals surface area contributed by atoms with Crippen molar-refractivity contribution in [2.45, 2.75) is 51.1 Å². The van der Waals surface area contributed by atoms with Gasteiger partial charge in [-0.2, -0.15) is 0 Å². The van der Waals surface area contributed by atoms with Gasteiger partial charge in [-0.05, 0) is 39.0 Å². The lowest BCUT2D eigenvalue weighted by molar-refractivity contribution is 0.150. The third kappa shape index (κ3) is 3.85. The fourth-order valence-electron chi connectivity index (χ4n) is 3.02. The van der Waals surface area contributed by atoms with Crippen molar-refractivity contribution in [3.05, 3.63) is 0 Å². The summed E-state index contributed by atoms with van der Waals surface area (Å²) in [6.07, 6.45) is 6.15. The highest BCUT2D eigenvalue weighted by atomic mass is 32.2. The van der Waals surface area contributed by atoms with E-state index in [4.69, 9.17) is 0 Å². The Morgan fingerprint density at radius 3 is 2.55 bits per heavy atom. The second-order valence-electron chi connectivity index (χ2n) is 5.95. The SMILES string of the molecule is CC1CCCCN1C(=O)NC1CCCN(S(C)(=O)=O)C1. The highest BCUT2D eigenvalue weighted by molar-refractivity contribution is 7.88. The second-order valence-corrected chi connectivity index (χ2v) is 7.93. The van der Waals surface area contributed by atoms with Gasteiger partial charge in [-0.3, -0.25) is 0 Å². The summed E-state index contributed by atoms with van der Waals surface area (Å²) in [6.45, 7) is 3.83. The molecule has 0 spiro atoms. The Kier molecular flexibility index (Phi) is 4.90. The molecule has 0 radical (unpaired) electrons.